The predicted octanol–water partition coefficient (Wildman–Crippen LogP) is 3.02. The van der Waals surface area contributed by atoms with Gasteiger partial charge in [0.2, 0.25) is 0 Å². The average Bonchev–Trinajstić information content (AvgIpc) is 3.08. The molecule has 138 valence electrons. The Morgan fingerprint density at radius 2 is 2.04 bits per heavy atom. The van der Waals surface area contributed by atoms with Crippen LogP contribution < -0.4 is 10.1 Å². The van der Waals surface area contributed by atoms with Crippen molar-refractivity contribution in [2.75, 3.05) is 32.8 Å². The molecule has 1 fully saturated rings. The van der Waals surface area contributed by atoms with Gasteiger partial charge >= 0.3 is 0 Å². The molecule has 0 radical (unpaired) electrons. The average molecular weight is 373 g/mol. The molecule has 6 heteroatoms. The standard InChI is InChI=1S/C20H24N4O.ClH/c1-23-10-9-22-20(23)19-15-21-8-11-24(19)12-13-25-18-7-6-16-4-2-3-5-17(16)14-18;/h2-7,9-10,14,19,21H,8,11-13,15H2,1H3;1H. The summed E-state index contributed by atoms with van der Waals surface area (Å²) >= 11 is 0. The molecule has 2 heterocycles. The summed E-state index contributed by atoms with van der Waals surface area (Å²) in [4.78, 5) is 6.99. The van der Waals surface area contributed by atoms with E-state index in [4.69, 9.17) is 4.74 Å². The molecule has 4 rings (SSSR count). The molecule has 3 aromatic rings. The zero-order valence-electron chi connectivity index (χ0n) is 15.0. The number of hydrogen-bond donors (Lipinski definition) is 1. The highest BCUT2D eigenvalue weighted by atomic mass is 35.5. The van der Waals surface area contributed by atoms with Crippen molar-refractivity contribution in [1.82, 2.24) is 19.8 Å². The lowest BCUT2D eigenvalue weighted by atomic mass is 10.1. The molecule has 1 aliphatic rings. The molecule has 0 amide bonds. The van der Waals surface area contributed by atoms with Crippen LogP contribution >= 0.6 is 12.4 Å². The molecule has 26 heavy (non-hydrogen) atoms. The van der Waals surface area contributed by atoms with Crippen LogP contribution in [0.3, 0.4) is 0 Å². The van der Waals surface area contributed by atoms with Gasteiger partial charge in [0.05, 0.1) is 6.04 Å². The van der Waals surface area contributed by atoms with Crippen LogP contribution in [-0.2, 0) is 7.05 Å². The number of benzene rings is 2. The van der Waals surface area contributed by atoms with Crippen molar-refractivity contribution in [3.8, 4) is 5.75 Å². The van der Waals surface area contributed by atoms with E-state index >= 15 is 0 Å². The lowest BCUT2D eigenvalue weighted by Crippen LogP contribution is -2.48. The smallest absolute Gasteiger partial charge is 0.127 e. The maximum atomic E-state index is 6.02. The fourth-order valence-electron chi connectivity index (χ4n) is 3.50. The van der Waals surface area contributed by atoms with Crippen LogP contribution in [0.2, 0.25) is 0 Å². The number of fused-ring (bicyclic) bond motifs is 1. The Bertz CT molecular complexity index is 850. The first-order valence-corrected chi connectivity index (χ1v) is 8.85. The summed E-state index contributed by atoms with van der Waals surface area (Å²) in [7, 11) is 2.06. The van der Waals surface area contributed by atoms with Crippen LogP contribution in [0.15, 0.2) is 54.9 Å². The highest BCUT2D eigenvalue weighted by Crippen LogP contribution is 2.22. The van der Waals surface area contributed by atoms with Gasteiger partial charge in [0, 0.05) is 45.6 Å². The summed E-state index contributed by atoms with van der Waals surface area (Å²) in [5, 5.41) is 5.93. The molecule has 1 unspecified atom stereocenters. The summed E-state index contributed by atoms with van der Waals surface area (Å²) in [6.07, 6.45) is 3.88. The number of aromatic nitrogens is 2. The lowest BCUT2D eigenvalue weighted by Gasteiger charge is -2.35. The summed E-state index contributed by atoms with van der Waals surface area (Å²) < 4.78 is 8.13. The van der Waals surface area contributed by atoms with Crippen molar-refractivity contribution in [3.05, 3.63) is 60.7 Å². The maximum Gasteiger partial charge on any atom is 0.127 e. The second-order valence-corrected chi connectivity index (χ2v) is 6.51. The van der Waals surface area contributed by atoms with Crippen LogP contribution in [0.4, 0.5) is 0 Å². The molecule has 0 bridgehead atoms. The van der Waals surface area contributed by atoms with Crippen molar-refractivity contribution in [3.63, 3.8) is 0 Å². The molecule has 1 N–H and O–H groups in total. The molecule has 0 spiro atoms. The van der Waals surface area contributed by atoms with E-state index in [-0.39, 0.29) is 12.4 Å². The Balaban J connectivity index is 0.00000196. The molecule has 0 aliphatic carbocycles. The Kier molecular flexibility index (Phi) is 6.14. The highest BCUT2D eigenvalue weighted by Gasteiger charge is 2.26. The first-order chi connectivity index (χ1) is 12.3. The number of hydrogen-bond acceptors (Lipinski definition) is 4. The molecule has 2 aromatic carbocycles. The number of aryl methyl sites for hydroxylation is 1. The molecular weight excluding hydrogens is 348 g/mol. The van der Waals surface area contributed by atoms with E-state index < -0.39 is 0 Å². The van der Waals surface area contributed by atoms with Crippen molar-refractivity contribution in [2.24, 2.45) is 7.05 Å². The third-order valence-electron chi connectivity index (χ3n) is 4.88. The molecule has 1 aromatic heterocycles. The molecule has 1 aliphatic heterocycles. The summed E-state index contributed by atoms with van der Waals surface area (Å²) in [6, 6.07) is 14.9. The molecule has 5 nitrogen and oxygen atoms in total. The lowest BCUT2D eigenvalue weighted by molar-refractivity contribution is 0.127. The van der Waals surface area contributed by atoms with Gasteiger partial charge in [-0.05, 0) is 22.9 Å². The van der Waals surface area contributed by atoms with E-state index in [1.165, 1.54) is 10.8 Å². The van der Waals surface area contributed by atoms with Crippen LogP contribution in [0, 0.1) is 0 Å². The van der Waals surface area contributed by atoms with Crippen LogP contribution in [-0.4, -0.2) is 47.2 Å². The van der Waals surface area contributed by atoms with E-state index in [0.717, 1.165) is 37.8 Å². The number of nitrogens with one attached hydrogen (secondary N) is 1. The Hall–Kier alpha value is -2.08. The quantitative estimate of drug-likeness (QED) is 0.747. The normalized spacial score (nSPS) is 17.8. The molecular formula is C20H25ClN4O. The second-order valence-electron chi connectivity index (χ2n) is 6.51. The van der Waals surface area contributed by atoms with Crippen molar-refractivity contribution < 1.29 is 4.74 Å². The zero-order valence-corrected chi connectivity index (χ0v) is 15.8. The topological polar surface area (TPSA) is 42.3 Å². The molecule has 0 saturated carbocycles. The van der Waals surface area contributed by atoms with Gasteiger partial charge in [-0.1, -0.05) is 30.3 Å². The van der Waals surface area contributed by atoms with Crippen LogP contribution in [0.5, 0.6) is 5.75 Å². The monoisotopic (exact) mass is 372 g/mol. The second kappa shape index (κ2) is 8.54. The fourth-order valence-corrected chi connectivity index (χ4v) is 3.50. The number of halogens is 1. The largest absolute Gasteiger partial charge is 0.492 e. The first kappa shape index (κ1) is 18.7. The summed E-state index contributed by atoms with van der Waals surface area (Å²) in [5.41, 5.74) is 0. The number of piperazine rings is 1. The van der Waals surface area contributed by atoms with Crippen LogP contribution in [0.25, 0.3) is 10.8 Å². The summed E-state index contributed by atoms with van der Waals surface area (Å²) in [5.74, 6) is 2.04. The number of imidazole rings is 1. The van der Waals surface area contributed by atoms with Gasteiger partial charge in [-0.2, -0.15) is 0 Å². The van der Waals surface area contributed by atoms with E-state index in [1.807, 2.05) is 12.4 Å². The van der Waals surface area contributed by atoms with E-state index in [2.05, 4.69) is 69.3 Å². The summed E-state index contributed by atoms with van der Waals surface area (Å²) in [6.45, 7) is 4.53. The number of ether oxygens (including phenoxy) is 1. The minimum absolute atomic E-state index is 0. The van der Waals surface area contributed by atoms with Gasteiger partial charge in [0.1, 0.15) is 18.2 Å². The van der Waals surface area contributed by atoms with Gasteiger partial charge in [-0.3, -0.25) is 4.90 Å². The van der Waals surface area contributed by atoms with Gasteiger partial charge in [0.15, 0.2) is 0 Å². The third-order valence-corrected chi connectivity index (χ3v) is 4.88. The molecule has 1 saturated heterocycles. The highest BCUT2D eigenvalue weighted by molar-refractivity contribution is 5.85. The zero-order chi connectivity index (χ0) is 17.1. The first-order valence-electron chi connectivity index (χ1n) is 8.85. The Morgan fingerprint density at radius 1 is 1.19 bits per heavy atom. The van der Waals surface area contributed by atoms with E-state index in [0.29, 0.717) is 12.6 Å². The van der Waals surface area contributed by atoms with Crippen LogP contribution in [0.1, 0.15) is 11.9 Å². The van der Waals surface area contributed by atoms with Crippen molar-refractivity contribution in [1.29, 1.82) is 0 Å². The predicted molar refractivity (Wildman–Crippen MR) is 107 cm³/mol. The number of nitrogens with zero attached hydrogens (tertiary/aromatic N) is 3. The van der Waals surface area contributed by atoms with Gasteiger partial charge in [0.25, 0.3) is 0 Å². The minimum atomic E-state index is 0. The Morgan fingerprint density at radius 3 is 2.85 bits per heavy atom. The number of rotatable bonds is 5. The maximum absolute atomic E-state index is 6.02. The van der Waals surface area contributed by atoms with Gasteiger partial charge < -0.3 is 14.6 Å². The Labute approximate surface area is 160 Å². The van der Waals surface area contributed by atoms with Gasteiger partial charge in [-0.25, -0.2) is 4.98 Å². The van der Waals surface area contributed by atoms with Gasteiger partial charge in [-0.15, -0.1) is 12.4 Å². The third kappa shape index (κ3) is 4.01. The van der Waals surface area contributed by atoms with Crippen molar-refractivity contribution in [2.45, 2.75) is 6.04 Å². The SMILES string of the molecule is Cl.Cn1ccnc1C1CNCCN1CCOc1ccc2ccccc2c1. The van der Waals surface area contributed by atoms with E-state index in [1.54, 1.807) is 0 Å². The minimum Gasteiger partial charge on any atom is -0.492 e. The molecule has 1 atom stereocenters. The van der Waals surface area contributed by atoms with Crippen molar-refractivity contribution >= 4 is 23.2 Å². The fraction of sp³-hybridized carbons (Fsp3) is 0.350. The van der Waals surface area contributed by atoms with E-state index in [9.17, 15) is 0 Å².